The average molecular weight is 492 g/mol. The third kappa shape index (κ3) is 6.57. The van der Waals surface area contributed by atoms with Gasteiger partial charge in [-0.2, -0.15) is 15.5 Å². The molecule has 1 fully saturated rings. The Bertz CT molecular complexity index is 1270. The molecule has 0 aliphatic carbocycles. The number of halogens is 2. The number of aliphatic imine (C=N–C) groups is 1. The summed E-state index contributed by atoms with van der Waals surface area (Å²) in [6.45, 7) is 1.32. The van der Waals surface area contributed by atoms with Crippen LogP contribution in [0.4, 0.5) is 25.3 Å². The summed E-state index contributed by atoms with van der Waals surface area (Å²) >= 11 is 0. The van der Waals surface area contributed by atoms with Crippen molar-refractivity contribution in [3.63, 3.8) is 0 Å². The van der Waals surface area contributed by atoms with Crippen LogP contribution in [0.15, 0.2) is 41.2 Å². The van der Waals surface area contributed by atoms with Crippen LogP contribution in [0.3, 0.4) is 0 Å². The fraction of sp³-hybridized carbons (Fsp3) is 0.261. The Kier molecular flexibility index (Phi) is 8.56. The van der Waals surface area contributed by atoms with E-state index in [-0.39, 0.29) is 29.4 Å². The molecule has 1 aliphatic rings. The highest BCUT2D eigenvalue weighted by Crippen LogP contribution is 2.21. The number of nitriles is 2. The molecule has 11 nitrogen and oxygen atoms in total. The number of urea groups is 1. The van der Waals surface area contributed by atoms with Crippen LogP contribution >= 0.6 is 0 Å². The zero-order valence-electron chi connectivity index (χ0n) is 19.0. The molecule has 0 spiro atoms. The first-order chi connectivity index (χ1) is 17.3. The van der Waals surface area contributed by atoms with E-state index in [1.807, 2.05) is 6.07 Å². The third-order valence-corrected chi connectivity index (χ3v) is 5.25. The van der Waals surface area contributed by atoms with Gasteiger partial charge in [-0.25, -0.2) is 23.6 Å². The molecule has 1 aromatic heterocycles. The van der Waals surface area contributed by atoms with Crippen molar-refractivity contribution in [2.24, 2.45) is 10.7 Å². The van der Waals surface area contributed by atoms with E-state index in [9.17, 15) is 13.6 Å². The Morgan fingerprint density at radius 3 is 2.69 bits per heavy atom. The molecule has 36 heavy (non-hydrogen) atoms. The number of carbonyl (C=O) groups excluding carboxylic acids is 1. The number of allylic oxidation sites excluding steroid dienone is 2. The summed E-state index contributed by atoms with van der Waals surface area (Å²) < 4.78 is 27.9. The SMILES string of the molecule is N#CC(N)=CC=Nc1nc(N2CCN(C(=O)N[C@@H](CC=N)c3cc(F)cc(C#N)c3)CC2)ncc1F. The Morgan fingerprint density at radius 1 is 1.28 bits per heavy atom. The van der Waals surface area contributed by atoms with Crippen molar-refractivity contribution in [2.45, 2.75) is 12.5 Å². The van der Waals surface area contributed by atoms with Crippen LogP contribution in [-0.2, 0) is 0 Å². The standard InChI is InChI=1S/C23H22F2N10O/c24-17-10-15(12-27)9-16(11-17)20(1-3-26)32-23(36)35-7-5-34(6-8-35)22-31-14-19(25)21(33-22)30-4-2-18(29)13-28/h2-4,9-11,14,20,26H,1,5-8,29H2,(H,32,36)/t20-/m0/s1. The number of benzene rings is 1. The van der Waals surface area contributed by atoms with Gasteiger partial charge in [0.2, 0.25) is 5.95 Å². The molecular formula is C23H22F2N10O. The van der Waals surface area contributed by atoms with Crippen molar-refractivity contribution >= 4 is 30.2 Å². The third-order valence-electron chi connectivity index (χ3n) is 5.25. The van der Waals surface area contributed by atoms with Crippen molar-refractivity contribution < 1.29 is 13.6 Å². The fourth-order valence-corrected chi connectivity index (χ4v) is 3.44. The summed E-state index contributed by atoms with van der Waals surface area (Å²) in [5.74, 6) is -1.34. The van der Waals surface area contributed by atoms with Crippen molar-refractivity contribution in [1.29, 1.82) is 15.9 Å². The summed E-state index contributed by atoms with van der Waals surface area (Å²) in [6.07, 6.45) is 4.61. The molecule has 1 atom stereocenters. The molecule has 1 aliphatic heterocycles. The number of nitrogens with one attached hydrogen (secondary N) is 2. The maximum atomic E-state index is 14.0. The first-order valence-electron chi connectivity index (χ1n) is 10.8. The summed E-state index contributed by atoms with van der Waals surface area (Å²) in [7, 11) is 0. The number of piperazine rings is 1. The van der Waals surface area contributed by atoms with Crippen LogP contribution in [0.2, 0.25) is 0 Å². The maximum absolute atomic E-state index is 14.0. The van der Waals surface area contributed by atoms with Gasteiger partial charge < -0.3 is 26.3 Å². The molecular weight excluding hydrogens is 470 g/mol. The smallest absolute Gasteiger partial charge is 0.318 e. The highest BCUT2D eigenvalue weighted by molar-refractivity contribution is 5.76. The van der Waals surface area contributed by atoms with Gasteiger partial charge in [0, 0.05) is 38.8 Å². The minimum Gasteiger partial charge on any atom is -0.390 e. The number of hydrogen-bond acceptors (Lipinski definition) is 9. The van der Waals surface area contributed by atoms with E-state index in [1.54, 1.807) is 15.9 Å². The molecule has 2 heterocycles. The van der Waals surface area contributed by atoms with E-state index in [1.165, 1.54) is 24.4 Å². The lowest BCUT2D eigenvalue weighted by atomic mass is 10.0. The maximum Gasteiger partial charge on any atom is 0.318 e. The van der Waals surface area contributed by atoms with E-state index < -0.39 is 23.7 Å². The topological polar surface area (TPSA) is 171 Å². The molecule has 3 rings (SSSR count). The van der Waals surface area contributed by atoms with E-state index in [2.05, 4.69) is 20.3 Å². The van der Waals surface area contributed by atoms with Gasteiger partial charge in [0.15, 0.2) is 11.6 Å². The summed E-state index contributed by atoms with van der Waals surface area (Å²) in [5.41, 5.74) is 5.78. The lowest BCUT2D eigenvalue weighted by Gasteiger charge is -2.35. The largest absolute Gasteiger partial charge is 0.390 e. The van der Waals surface area contributed by atoms with Gasteiger partial charge >= 0.3 is 6.03 Å². The molecule has 2 amide bonds. The highest BCUT2D eigenvalue weighted by atomic mass is 19.1. The fourth-order valence-electron chi connectivity index (χ4n) is 3.44. The van der Waals surface area contributed by atoms with Crippen LogP contribution < -0.4 is 16.0 Å². The molecule has 1 aromatic carbocycles. The molecule has 0 bridgehead atoms. The second kappa shape index (κ2) is 12.0. The number of nitrogens with two attached hydrogens (primary N) is 1. The molecule has 1 saturated heterocycles. The first-order valence-corrected chi connectivity index (χ1v) is 10.8. The number of carbonyl (C=O) groups is 1. The number of rotatable bonds is 7. The predicted octanol–water partition coefficient (Wildman–Crippen LogP) is 2.31. The van der Waals surface area contributed by atoms with Crippen LogP contribution in [0.25, 0.3) is 0 Å². The van der Waals surface area contributed by atoms with Gasteiger partial charge in [-0.05, 0) is 36.1 Å². The van der Waals surface area contributed by atoms with Crippen LogP contribution in [0.1, 0.15) is 23.6 Å². The Hall–Kier alpha value is -4.91. The number of aromatic nitrogens is 2. The normalized spacial score (nSPS) is 14.7. The van der Waals surface area contributed by atoms with Crippen LogP contribution in [0.5, 0.6) is 0 Å². The summed E-state index contributed by atoms with van der Waals surface area (Å²) in [4.78, 5) is 28.1. The zero-order chi connectivity index (χ0) is 26.1. The molecule has 4 N–H and O–H groups in total. The molecule has 2 aromatic rings. The zero-order valence-corrected chi connectivity index (χ0v) is 19.0. The van der Waals surface area contributed by atoms with E-state index in [0.717, 1.165) is 18.5 Å². The first kappa shape index (κ1) is 25.7. The summed E-state index contributed by atoms with van der Waals surface area (Å²) in [5, 5.41) is 28.0. The van der Waals surface area contributed by atoms with Crippen molar-refractivity contribution in [3.8, 4) is 12.1 Å². The van der Waals surface area contributed by atoms with Crippen molar-refractivity contribution in [2.75, 3.05) is 31.1 Å². The van der Waals surface area contributed by atoms with Gasteiger partial charge in [-0.3, -0.25) is 0 Å². The minimum atomic E-state index is -0.744. The number of anilines is 1. The Morgan fingerprint density at radius 2 is 2.03 bits per heavy atom. The highest BCUT2D eigenvalue weighted by Gasteiger charge is 2.25. The van der Waals surface area contributed by atoms with Gasteiger partial charge in [-0.1, -0.05) is 0 Å². The summed E-state index contributed by atoms with van der Waals surface area (Å²) in [6, 6.07) is 6.30. The van der Waals surface area contributed by atoms with Crippen LogP contribution in [-0.4, -0.2) is 59.5 Å². The van der Waals surface area contributed by atoms with E-state index >= 15 is 0 Å². The lowest BCUT2D eigenvalue weighted by Crippen LogP contribution is -2.52. The van der Waals surface area contributed by atoms with Gasteiger partial charge in [-0.15, -0.1) is 0 Å². The van der Waals surface area contributed by atoms with Crippen molar-refractivity contribution in [1.82, 2.24) is 20.2 Å². The predicted molar refractivity (Wildman–Crippen MR) is 128 cm³/mol. The van der Waals surface area contributed by atoms with E-state index in [0.29, 0.717) is 31.7 Å². The molecule has 0 radical (unpaired) electrons. The van der Waals surface area contributed by atoms with Crippen LogP contribution in [0, 0.1) is 39.7 Å². The molecule has 184 valence electrons. The van der Waals surface area contributed by atoms with E-state index in [4.69, 9.17) is 21.7 Å². The minimum absolute atomic E-state index is 0.0893. The van der Waals surface area contributed by atoms with Gasteiger partial charge in [0.25, 0.3) is 0 Å². The quantitative estimate of drug-likeness (QED) is 0.393. The second-order valence-electron chi connectivity index (χ2n) is 7.65. The molecule has 13 heteroatoms. The molecule has 0 unspecified atom stereocenters. The van der Waals surface area contributed by atoms with Crippen molar-refractivity contribution in [3.05, 3.63) is 58.9 Å². The Balaban J connectivity index is 1.65. The second-order valence-corrected chi connectivity index (χ2v) is 7.65. The monoisotopic (exact) mass is 492 g/mol. The number of hydrogen-bond donors (Lipinski definition) is 3. The Labute approximate surface area is 205 Å². The van der Waals surface area contributed by atoms with Gasteiger partial charge in [0.1, 0.15) is 17.6 Å². The lowest BCUT2D eigenvalue weighted by molar-refractivity contribution is 0.190. The number of amides is 2. The van der Waals surface area contributed by atoms with Gasteiger partial charge in [0.05, 0.1) is 23.9 Å². The number of nitrogens with zero attached hydrogens (tertiary/aromatic N) is 7. The average Bonchev–Trinajstić information content (AvgIpc) is 2.89. The molecule has 0 saturated carbocycles.